The van der Waals surface area contributed by atoms with Crippen molar-refractivity contribution in [2.24, 2.45) is 0 Å². The highest BCUT2D eigenvalue weighted by molar-refractivity contribution is 6.74. The molecule has 1 aromatic carbocycles. The lowest BCUT2D eigenvalue weighted by molar-refractivity contribution is -0.141. The number of Topliss-reactive ketones (excluding diaryl/α,β-unsaturated/α-hetero) is 1. The molecule has 0 aliphatic carbocycles. The van der Waals surface area contributed by atoms with Crippen molar-refractivity contribution in [1.29, 1.82) is 0 Å². The van der Waals surface area contributed by atoms with Crippen LogP contribution in [0.25, 0.3) is 0 Å². The van der Waals surface area contributed by atoms with E-state index in [9.17, 15) is 9.59 Å². The Morgan fingerprint density at radius 2 is 1.73 bits per heavy atom. The van der Waals surface area contributed by atoms with Gasteiger partial charge in [-0.25, -0.2) is 0 Å². The summed E-state index contributed by atoms with van der Waals surface area (Å²) >= 11 is 0. The number of hydrogen-bond acceptors (Lipinski definition) is 5. The molecule has 0 amide bonds. The van der Waals surface area contributed by atoms with Gasteiger partial charge in [0.25, 0.3) is 0 Å². The van der Waals surface area contributed by atoms with Gasteiger partial charge in [-0.15, -0.1) is 0 Å². The van der Waals surface area contributed by atoms with Gasteiger partial charge in [-0.2, -0.15) is 0 Å². The average molecular weight is 428 g/mol. The highest BCUT2D eigenvalue weighted by atomic mass is 28.4. The van der Waals surface area contributed by atoms with Crippen LogP contribution in [0.2, 0.25) is 18.1 Å². The number of nitrogens with zero attached hydrogens (tertiary/aromatic N) is 1. The normalized spacial score (nSPS) is 14.1. The summed E-state index contributed by atoms with van der Waals surface area (Å²) in [4.78, 5) is 30.3. The van der Waals surface area contributed by atoms with Gasteiger partial charge in [-0.05, 0) is 41.7 Å². The molecule has 0 saturated carbocycles. The number of ketones is 1. The summed E-state index contributed by atoms with van der Waals surface area (Å²) in [6, 6.07) is 10.8. The Kier molecular flexibility index (Phi) is 7.72. The first-order chi connectivity index (χ1) is 14.0. The predicted molar refractivity (Wildman–Crippen MR) is 121 cm³/mol. The van der Waals surface area contributed by atoms with Crippen molar-refractivity contribution < 1.29 is 18.8 Å². The van der Waals surface area contributed by atoms with Gasteiger partial charge in [-0.1, -0.05) is 58.0 Å². The third kappa shape index (κ3) is 5.23. The van der Waals surface area contributed by atoms with Crippen LogP contribution in [-0.2, 0) is 14.0 Å². The quantitative estimate of drug-likeness (QED) is 0.234. The van der Waals surface area contributed by atoms with E-state index in [-0.39, 0.29) is 16.9 Å². The summed E-state index contributed by atoms with van der Waals surface area (Å²) in [5.74, 6) is -1.95. The third-order valence-electron chi connectivity index (χ3n) is 5.91. The number of esters is 1. The second-order valence-electron chi connectivity index (χ2n) is 8.97. The van der Waals surface area contributed by atoms with Gasteiger partial charge in [0.05, 0.1) is 13.2 Å². The summed E-state index contributed by atoms with van der Waals surface area (Å²) in [6.45, 7) is 13.0. The minimum atomic E-state index is -2.07. The monoisotopic (exact) mass is 427 g/mol. The maximum atomic E-state index is 13.6. The number of aromatic nitrogens is 1. The zero-order valence-electron chi connectivity index (χ0n) is 19.1. The van der Waals surface area contributed by atoms with Crippen LogP contribution in [0.15, 0.2) is 48.8 Å². The maximum Gasteiger partial charge on any atom is 0.321 e. The molecule has 6 heteroatoms. The maximum absolute atomic E-state index is 13.6. The van der Waals surface area contributed by atoms with Crippen LogP contribution in [-0.4, -0.2) is 32.2 Å². The summed E-state index contributed by atoms with van der Waals surface area (Å²) in [7, 11) is -0.776. The summed E-state index contributed by atoms with van der Waals surface area (Å²) in [5.41, 5.74) is 1.77. The lowest BCUT2D eigenvalue weighted by Crippen LogP contribution is -2.42. The Morgan fingerprint density at radius 1 is 1.10 bits per heavy atom. The highest BCUT2D eigenvalue weighted by Gasteiger charge is 2.40. The van der Waals surface area contributed by atoms with Crippen LogP contribution in [0.5, 0.6) is 0 Å². The molecule has 0 saturated heterocycles. The summed E-state index contributed by atoms with van der Waals surface area (Å²) in [5, 5.41) is 0.0379. The molecule has 2 atom stereocenters. The molecule has 0 bridgehead atoms. The minimum Gasteiger partial charge on any atom is -0.468 e. The van der Waals surface area contributed by atoms with Gasteiger partial charge >= 0.3 is 5.97 Å². The average Bonchev–Trinajstić information content (AvgIpc) is 2.72. The van der Waals surface area contributed by atoms with Crippen LogP contribution in [0.1, 0.15) is 67.6 Å². The fraction of sp³-hybridized carbons (Fsp3) is 0.458. The zero-order chi connectivity index (χ0) is 22.5. The van der Waals surface area contributed by atoms with Crippen molar-refractivity contribution in [3.63, 3.8) is 0 Å². The SMILES string of the molecule is CC[C@H](O[Si](C)(C)C(C)(C)C)c1ccncc1C(=O)C(C(=O)OC)c1ccccc1. The van der Waals surface area contributed by atoms with Gasteiger partial charge in [-0.3, -0.25) is 14.6 Å². The van der Waals surface area contributed by atoms with Crippen molar-refractivity contribution in [2.75, 3.05) is 7.11 Å². The van der Waals surface area contributed by atoms with E-state index in [1.54, 1.807) is 30.5 Å². The van der Waals surface area contributed by atoms with E-state index in [1.807, 2.05) is 19.1 Å². The number of carbonyl (C=O) groups is 2. The van der Waals surface area contributed by atoms with Crippen LogP contribution < -0.4 is 0 Å². The molecule has 162 valence electrons. The molecule has 0 aliphatic rings. The van der Waals surface area contributed by atoms with E-state index in [0.29, 0.717) is 17.5 Å². The molecule has 1 unspecified atom stereocenters. The number of hydrogen-bond donors (Lipinski definition) is 0. The molecule has 2 aromatic rings. The van der Waals surface area contributed by atoms with E-state index < -0.39 is 20.2 Å². The zero-order valence-corrected chi connectivity index (χ0v) is 20.1. The Hall–Kier alpha value is -2.31. The molecule has 1 heterocycles. The molecule has 1 aromatic heterocycles. The Balaban J connectivity index is 2.50. The number of carbonyl (C=O) groups excluding carboxylic acids is 2. The largest absolute Gasteiger partial charge is 0.468 e. The first-order valence-electron chi connectivity index (χ1n) is 10.3. The molecular weight excluding hydrogens is 394 g/mol. The predicted octanol–water partition coefficient (Wildman–Crippen LogP) is 5.69. The van der Waals surface area contributed by atoms with E-state index in [1.165, 1.54) is 13.3 Å². The molecule has 2 rings (SSSR count). The van der Waals surface area contributed by atoms with E-state index in [2.05, 4.69) is 38.8 Å². The van der Waals surface area contributed by atoms with Gasteiger partial charge in [0.1, 0.15) is 5.92 Å². The topological polar surface area (TPSA) is 65.5 Å². The number of methoxy groups -OCH3 is 1. The van der Waals surface area contributed by atoms with E-state index in [4.69, 9.17) is 9.16 Å². The van der Waals surface area contributed by atoms with Crippen molar-refractivity contribution in [3.8, 4) is 0 Å². The molecule has 0 N–H and O–H groups in total. The van der Waals surface area contributed by atoms with Gasteiger partial charge in [0.2, 0.25) is 0 Å². The van der Waals surface area contributed by atoms with Gasteiger partial charge in [0.15, 0.2) is 14.1 Å². The molecular formula is C24H33NO4Si. The second kappa shape index (κ2) is 9.66. The molecule has 0 spiro atoms. The summed E-state index contributed by atoms with van der Waals surface area (Å²) < 4.78 is 11.6. The molecule has 30 heavy (non-hydrogen) atoms. The van der Waals surface area contributed by atoms with Gasteiger partial charge in [0, 0.05) is 18.0 Å². The molecule has 0 aliphatic heterocycles. The molecule has 5 nitrogen and oxygen atoms in total. The fourth-order valence-electron chi connectivity index (χ4n) is 3.10. The van der Waals surface area contributed by atoms with Gasteiger partial charge < -0.3 is 9.16 Å². The van der Waals surface area contributed by atoms with E-state index >= 15 is 0 Å². The van der Waals surface area contributed by atoms with Crippen molar-refractivity contribution in [3.05, 3.63) is 65.5 Å². The molecule has 0 radical (unpaired) electrons. The Labute approximate surface area is 181 Å². The number of ether oxygens (including phenoxy) is 1. The van der Waals surface area contributed by atoms with Crippen molar-refractivity contribution in [2.45, 2.75) is 64.3 Å². The number of rotatable bonds is 8. The Morgan fingerprint density at radius 3 is 2.27 bits per heavy atom. The molecule has 0 fully saturated rings. The van der Waals surface area contributed by atoms with Crippen LogP contribution in [0.3, 0.4) is 0 Å². The second-order valence-corrected chi connectivity index (χ2v) is 13.7. The fourth-order valence-corrected chi connectivity index (χ4v) is 4.46. The standard InChI is InChI=1S/C24H33NO4Si/c1-8-20(29-30(6,7)24(2,3)4)18-14-15-25-16-19(18)22(26)21(23(27)28-5)17-12-10-9-11-13-17/h9-16,20-21H,8H2,1-7H3/t20-,21?/m0/s1. The number of pyridine rings is 1. The Bertz CT molecular complexity index is 874. The smallest absolute Gasteiger partial charge is 0.321 e. The summed E-state index contributed by atoms with van der Waals surface area (Å²) in [6.07, 6.45) is 3.67. The van der Waals surface area contributed by atoms with E-state index in [0.717, 1.165) is 5.56 Å². The lowest BCUT2D eigenvalue weighted by Gasteiger charge is -2.39. The first kappa shape index (κ1) is 24.0. The van der Waals surface area contributed by atoms with Crippen LogP contribution in [0.4, 0.5) is 0 Å². The van der Waals surface area contributed by atoms with Crippen LogP contribution >= 0.6 is 0 Å². The van der Waals surface area contributed by atoms with Crippen molar-refractivity contribution >= 4 is 20.1 Å². The van der Waals surface area contributed by atoms with Crippen LogP contribution in [0, 0.1) is 0 Å². The lowest BCUT2D eigenvalue weighted by atomic mass is 9.88. The van der Waals surface area contributed by atoms with Crippen molar-refractivity contribution in [1.82, 2.24) is 4.98 Å². The first-order valence-corrected chi connectivity index (χ1v) is 13.2. The highest BCUT2D eigenvalue weighted by Crippen LogP contribution is 2.41. The number of benzene rings is 1. The minimum absolute atomic E-state index is 0.0379. The third-order valence-corrected chi connectivity index (χ3v) is 10.4.